The van der Waals surface area contributed by atoms with Crippen molar-refractivity contribution in [3.05, 3.63) is 0 Å². The van der Waals surface area contributed by atoms with Gasteiger partial charge in [0.05, 0.1) is 0 Å². The zero-order valence-corrected chi connectivity index (χ0v) is 13.0. The number of carbonyl (C=O) groups is 1. The van der Waals surface area contributed by atoms with Crippen molar-refractivity contribution in [2.24, 2.45) is 23.2 Å². The molecule has 1 aliphatic carbocycles. The van der Waals surface area contributed by atoms with E-state index in [1.54, 1.807) is 0 Å². The van der Waals surface area contributed by atoms with Crippen molar-refractivity contribution in [2.45, 2.75) is 65.7 Å². The molecule has 0 amide bonds. The number of Topliss-reactive ketones (excluding diaryl/α,β-unsaturated/α-hetero) is 1. The highest BCUT2D eigenvalue weighted by molar-refractivity contribution is 5.87. The minimum absolute atomic E-state index is 0.0333. The summed E-state index contributed by atoms with van der Waals surface area (Å²) in [6, 6.07) is 0. The van der Waals surface area contributed by atoms with Crippen molar-refractivity contribution in [1.29, 1.82) is 0 Å². The van der Waals surface area contributed by atoms with Crippen LogP contribution in [0.3, 0.4) is 0 Å². The van der Waals surface area contributed by atoms with Gasteiger partial charge in [-0.2, -0.15) is 0 Å². The van der Waals surface area contributed by atoms with Crippen molar-refractivity contribution in [3.63, 3.8) is 0 Å². The monoisotopic (exact) mass is 265 g/mol. The summed E-state index contributed by atoms with van der Waals surface area (Å²) in [6.45, 7) is 8.88. The number of nitrogens with one attached hydrogen (secondary N) is 1. The van der Waals surface area contributed by atoms with Crippen LogP contribution in [0.1, 0.15) is 65.7 Å². The van der Waals surface area contributed by atoms with E-state index in [1.165, 1.54) is 12.8 Å². The highest BCUT2D eigenvalue weighted by atomic mass is 16.1. The van der Waals surface area contributed by atoms with Crippen LogP contribution in [-0.4, -0.2) is 18.9 Å². The molecule has 1 saturated heterocycles. The van der Waals surface area contributed by atoms with Crippen LogP contribution in [-0.2, 0) is 4.79 Å². The number of hydrogen-bond donors (Lipinski definition) is 1. The van der Waals surface area contributed by atoms with Crippen molar-refractivity contribution in [2.75, 3.05) is 13.1 Å². The Balaban J connectivity index is 2.10. The van der Waals surface area contributed by atoms with Gasteiger partial charge in [-0.05, 0) is 56.9 Å². The Morgan fingerprint density at radius 1 is 1.21 bits per heavy atom. The molecule has 0 radical (unpaired) electrons. The molecule has 0 aromatic rings. The summed E-state index contributed by atoms with van der Waals surface area (Å²) in [4.78, 5) is 13.1. The third-order valence-electron chi connectivity index (χ3n) is 5.27. The van der Waals surface area contributed by atoms with Gasteiger partial charge in [-0.15, -0.1) is 0 Å². The van der Waals surface area contributed by atoms with E-state index in [1.807, 2.05) is 0 Å². The molecule has 2 nitrogen and oxygen atoms in total. The molecule has 2 rings (SSSR count). The summed E-state index contributed by atoms with van der Waals surface area (Å²) < 4.78 is 0. The Morgan fingerprint density at radius 3 is 2.42 bits per heavy atom. The Bertz CT molecular complexity index is 291. The second-order valence-electron chi connectivity index (χ2n) is 7.29. The maximum atomic E-state index is 13.1. The largest absolute Gasteiger partial charge is 0.316 e. The van der Waals surface area contributed by atoms with Crippen LogP contribution in [0.5, 0.6) is 0 Å². The molecule has 1 N–H and O–H groups in total. The van der Waals surface area contributed by atoms with E-state index in [2.05, 4.69) is 26.1 Å². The first kappa shape index (κ1) is 15.0. The molecule has 2 aliphatic rings. The molecular formula is C17H31NO. The van der Waals surface area contributed by atoms with Gasteiger partial charge >= 0.3 is 0 Å². The molecule has 1 heterocycles. The first-order valence-corrected chi connectivity index (χ1v) is 8.32. The second kappa shape index (κ2) is 6.39. The zero-order valence-electron chi connectivity index (χ0n) is 13.0. The van der Waals surface area contributed by atoms with Gasteiger partial charge in [0.15, 0.2) is 0 Å². The summed E-state index contributed by atoms with van der Waals surface area (Å²) in [5.41, 5.74) is -0.0333. The molecule has 110 valence electrons. The van der Waals surface area contributed by atoms with Crippen LogP contribution in [0, 0.1) is 23.2 Å². The number of hydrogen-bond acceptors (Lipinski definition) is 2. The standard InChI is InChI=1S/C17H31NO/c1-4-6-17(7-5-8-18-12-17)16(19)15-10-13(2)9-14(3)11-15/h13-15,18H,4-12H2,1-3H3. The lowest BCUT2D eigenvalue weighted by Gasteiger charge is -2.41. The number of ketones is 1. The lowest BCUT2D eigenvalue weighted by molar-refractivity contribution is -0.136. The predicted octanol–water partition coefficient (Wildman–Crippen LogP) is 3.80. The van der Waals surface area contributed by atoms with Crippen molar-refractivity contribution in [1.82, 2.24) is 5.32 Å². The third kappa shape index (κ3) is 3.39. The van der Waals surface area contributed by atoms with Crippen LogP contribution in [0.2, 0.25) is 0 Å². The fraction of sp³-hybridized carbons (Fsp3) is 0.941. The predicted molar refractivity (Wildman–Crippen MR) is 80.1 cm³/mol. The minimum atomic E-state index is -0.0333. The van der Waals surface area contributed by atoms with E-state index < -0.39 is 0 Å². The summed E-state index contributed by atoms with van der Waals surface area (Å²) in [7, 11) is 0. The Labute approximate surface area is 118 Å². The maximum Gasteiger partial charge on any atom is 0.143 e. The summed E-state index contributed by atoms with van der Waals surface area (Å²) in [5, 5.41) is 3.48. The number of carbonyl (C=O) groups excluding carboxylic acids is 1. The smallest absolute Gasteiger partial charge is 0.143 e. The van der Waals surface area contributed by atoms with E-state index in [9.17, 15) is 4.79 Å². The second-order valence-corrected chi connectivity index (χ2v) is 7.29. The number of rotatable bonds is 4. The third-order valence-corrected chi connectivity index (χ3v) is 5.27. The molecule has 1 saturated carbocycles. The molecule has 0 aromatic carbocycles. The lowest BCUT2D eigenvalue weighted by Crippen LogP contribution is -2.48. The zero-order chi connectivity index (χ0) is 13.9. The highest BCUT2D eigenvalue weighted by Crippen LogP contribution is 2.41. The van der Waals surface area contributed by atoms with Crippen molar-refractivity contribution >= 4 is 5.78 Å². The Morgan fingerprint density at radius 2 is 1.89 bits per heavy atom. The van der Waals surface area contributed by atoms with Gasteiger partial charge in [0, 0.05) is 17.9 Å². The van der Waals surface area contributed by atoms with Gasteiger partial charge in [-0.1, -0.05) is 27.2 Å². The minimum Gasteiger partial charge on any atom is -0.316 e. The van der Waals surface area contributed by atoms with Crippen molar-refractivity contribution < 1.29 is 4.79 Å². The molecule has 2 fully saturated rings. The van der Waals surface area contributed by atoms with Gasteiger partial charge in [0.1, 0.15) is 5.78 Å². The van der Waals surface area contributed by atoms with Gasteiger partial charge in [0.2, 0.25) is 0 Å². The first-order chi connectivity index (χ1) is 9.07. The van der Waals surface area contributed by atoms with Crippen LogP contribution in [0.25, 0.3) is 0 Å². The van der Waals surface area contributed by atoms with Gasteiger partial charge in [-0.25, -0.2) is 0 Å². The van der Waals surface area contributed by atoms with E-state index >= 15 is 0 Å². The van der Waals surface area contributed by atoms with E-state index in [0.29, 0.717) is 11.7 Å². The van der Waals surface area contributed by atoms with Crippen LogP contribution in [0.4, 0.5) is 0 Å². The van der Waals surface area contributed by atoms with Crippen molar-refractivity contribution in [3.8, 4) is 0 Å². The van der Waals surface area contributed by atoms with Crippen LogP contribution < -0.4 is 5.32 Å². The Kier molecular flexibility index (Phi) is 5.05. The molecule has 0 spiro atoms. The molecular weight excluding hydrogens is 234 g/mol. The first-order valence-electron chi connectivity index (χ1n) is 8.32. The van der Waals surface area contributed by atoms with Crippen LogP contribution >= 0.6 is 0 Å². The molecule has 0 bridgehead atoms. The molecule has 3 unspecified atom stereocenters. The normalized spacial score (nSPS) is 40.1. The average molecular weight is 265 g/mol. The summed E-state index contributed by atoms with van der Waals surface area (Å²) in [5.74, 6) is 2.39. The molecule has 0 aromatic heterocycles. The molecule has 19 heavy (non-hydrogen) atoms. The molecule has 2 heteroatoms. The van der Waals surface area contributed by atoms with Gasteiger partial charge < -0.3 is 5.32 Å². The Hall–Kier alpha value is -0.370. The fourth-order valence-electron chi connectivity index (χ4n) is 4.59. The summed E-state index contributed by atoms with van der Waals surface area (Å²) in [6.07, 6.45) is 8.07. The molecule has 3 atom stereocenters. The van der Waals surface area contributed by atoms with Gasteiger partial charge in [-0.3, -0.25) is 4.79 Å². The SMILES string of the molecule is CCCC1(C(=O)C2CC(C)CC(C)C2)CCCNC1. The average Bonchev–Trinajstić information content (AvgIpc) is 2.38. The lowest BCUT2D eigenvalue weighted by atomic mass is 9.65. The van der Waals surface area contributed by atoms with E-state index in [0.717, 1.165) is 57.0 Å². The maximum absolute atomic E-state index is 13.1. The van der Waals surface area contributed by atoms with Gasteiger partial charge in [0.25, 0.3) is 0 Å². The summed E-state index contributed by atoms with van der Waals surface area (Å²) >= 11 is 0. The highest BCUT2D eigenvalue weighted by Gasteiger charge is 2.43. The van der Waals surface area contributed by atoms with Crippen LogP contribution in [0.15, 0.2) is 0 Å². The topological polar surface area (TPSA) is 29.1 Å². The number of piperidine rings is 1. The van der Waals surface area contributed by atoms with E-state index in [-0.39, 0.29) is 5.41 Å². The molecule has 1 aliphatic heterocycles. The fourth-order valence-corrected chi connectivity index (χ4v) is 4.59. The van der Waals surface area contributed by atoms with E-state index in [4.69, 9.17) is 0 Å². The quantitative estimate of drug-likeness (QED) is 0.837.